The van der Waals surface area contributed by atoms with Gasteiger partial charge in [-0.3, -0.25) is 9.59 Å². The minimum absolute atomic E-state index is 0.175. The highest BCUT2D eigenvalue weighted by molar-refractivity contribution is 6.02. The van der Waals surface area contributed by atoms with Crippen molar-refractivity contribution in [3.8, 4) is 0 Å². The van der Waals surface area contributed by atoms with Crippen molar-refractivity contribution in [2.45, 2.75) is 19.9 Å². The molecule has 1 aromatic carbocycles. The predicted octanol–water partition coefficient (Wildman–Crippen LogP) is 2.51. The SMILES string of the molecule is CC(=O)Nc1cccc(NC(=O)c2ccc(C(C)N)o2)c1. The Morgan fingerprint density at radius 2 is 1.81 bits per heavy atom. The second-order valence-corrected chi connectivity index (χ2v) is 4.71. The number of carbonyl (C=O) groups is 2. The number of carbonyl (C=O) groups excluding carboxylic acids is 2. The van der Waals surface area contributed by atoms with Crippen LogP contribution in [0.2, 0.25) is 0 Å². The number of hydrogen-bond donors (Lipinski definition) is 3. The summed E-state index contributed by atoms with van der Waals surface area (Å²) in [4.78, 5) is 23.1. The number of anilines is 2. The predicted molar refractivity (Wildman–Crippen MR) is 80.0 cm³/mol. The van der Waals surface area contributed by atoms with E-state index in [1.807, 2.05) is 0 Å². The highest BCUT2D eigenvalue weighted by Crippen LogP contribution is 2.18. The average molecular weight is 287 g/mol. The fraction of sp³-hybridized carbons (Fsp3) is 0.200. The molecule has 1 heterocycles. The first-order valence-corrected chi connectivity index (χ1v) is 6.50. The van der Waals surface area contributed by atoms with E-state index in [0.717, 1.165) is 0 Å². The van der Waals surface area contributed by atoms with E-state index < -0.39 is 0 Å². The minimum atomic E-state index is -0.373. The number of furan rings is 1. The van der Waals surface area contributed by atoms with Crippen LogP contribution in [0.3, 0.4) is 0 Å². The lowest BCUT2D eigenvalue weighted by atomic mass is 10.2. The first kappa shape index (κ1) is 14.8. The van der Waals surface area contributed by atoms with Crippen molar-refractivity contribution in [1.29, 1.82) is 0 Å². The number of benzene rings is 1. The van der Waals surface area contributed by atoms with Gasteiger partial charge in [-0.25, -0.2) is 0 Å². The summed E-state index contributed by atoms with van der Waals surface area (Å²) in [6, 6.07) is 9.83. The zero-order valence-corrected chi connectivity index (χ0v) is 11.8. The summed E-state index contributed by atoms with van der Waals surface area (Å²) in [7, 11) is 0. The zero-order valence-electron chi connectivity index (χ0n) is 11.8. The molecule has 0 aliphatic rings. The molecule has 6 nitrogen and oxygen atoms in total. The van der Waals surface area contributed by atoms with Crippen LogP contribution in [0.15, 0.2) is 40.8 Å². The Kier molecular flexibility index (Phi) is 4.39. The standard InChI is InChI=1S/C15H17N3O3/c1-9(16)13-6-7-14(21-13)15(20)18-12-5-3-4-11(8-12)17-10(2)19/h3-9H,16H2,1-2H3,(H,17,19)(H,18,20). The van der Waals surface area contributed by atoms with Crippen molar-refractivity contribution >= 4 is 23.2 Å². The highest BCUT2D eigenvalue weighted by atomic mass is 16.4. The third-order valence-electron chi connectivity index (χ3n) is 2.74. The Hall–Kier alpha value is -2.60. The molecule has 0 aliphatic heterocycles. The van der Waals surface area contributed by atoms with Gasteiger partial charge in [0.25, 0.3) is 5.91 Å². The topological polar surface area (TPSA) is 97.4 Å². The van der Waals surface area contributed by atoms with Crippen LogP contribution in [-0.2, 0) is 4.79 Å². The molecule has 2 amide bonds. The Morgan fingerprint density at radius 1 is 1.14 bits per heavy atom. The number of nitrogens with two attached hydrogens (primary N) is 1. The maximum atomic E-state index is 12.1. The van der Waals surface area contributed by atoms with Gasteiger partial charge in [0.05, 0.1) is 6.04 Å². The fourth-order valence-corrected chi connectivity index (χ4v) is 1.79. The molecule has 0 spiro atoms. The molecule has 2 rings (SSSR count). The van der Waals surface area contributed by atoms with Gasteiger partial charge >= 0.3 is 0 Å². The van der Waals surface area contributed by atoms with E-state index in [9.17, 15) is 9.59 Å². The molecule has 0 aliphatic carbocycles. The third-order valence-corrected chi connectivity index (χ3v) is 2.74. The Labute approximate surface area is 122 Å². The van der Waals surface area contributed by atoms with Crippen molar-refractivity contribution < 1.29 is 14.0 Å². The number of rotatable bonds is 4. The summed E-state index contributed by atoms with van der Waals surface area (Å²) in [5.74, 6) is 0.187. The molecule has 110 valence electrons. The molecule has 2 aromatic rings. The molecular formula is C15H17N3O3. The van der Waals surface area contributed by atoms with Crippen LogP contribution in [0.25, 0.3) is 0 Å². The van der Waals surface area contributed by atoms with Crippen LogP contribution in [0, 0.1) is 0 Å². The molecule has 1 atom stereocenters. The van der Waals surface area contributed by atoms with Crippen LogP contribution < -0.4 is 16.4 Å². The second-order valence-electron chi connectivity index (χ2n) is 4.71. The quantitative estimate of drug-likeness (QED) is 0.804. The van der Waals surface area contributed by atoms with E-state index >= 15 is 0 Å². The molecule has 21 heavy (non-hydrogen) atoms. The van der Waals surface area contributed by atoms with Crippen molar-refractivity contribution in [3.63, 3.8) is 0 Å². The van der Waals surface area contributed by atoms with E-state index in [0.29, 0.717) is 17.1 Å². The lowest BCUT2D eigenvalue weighted by molar-refractivity contribution is -0.114. The monoisotopic (exact) mass is 287 g/mol. The number of amides is 2. The lowest BCUT2D eigenvalue weighted by Crippen LogP contribution is -2.12. The van der Waals surface area contributed by atoms with Crippen LogP contribution in [0.5, 0.6) is 0 Å². The Morgan fingerprint density at radius 3 is 2.38 bits per heavy atom. The van der Waals surface area contributed by atoms with Gasteiger partial charge in [-0.1, -0.05) is 6.07 Å². The molecule has 1 unspecified atom stereocenters. The van der Waals surface area contributed by atoms with Gasteiger partial charge in [0.1, 0.15) is 5.76 Å². The van der Waals surface area contributed by atoms with Crippen molar-refractivity contribution in [3.05, 3.63) is 47.9 Å². The molecule has 0 saturated heterocycles. The van der Waals surface area contributed by atoms with Gasteiger partial charge in [0.15, 0.2) is 5.76 Å². The van der Waals surface area contributed by atoms with Crippen LogP contribution in [-0.4, -0.2) is 11.8 Å². The molecule has 0 radical (unpaired) electrons. The summed E-state index contributed by atoms with van der Waals surface area (Å²) in [6.45, 7) is 3.20. The summed E-state index contributed by atoms with van der Waals surface area (Å²) in [5.41, 5.74) is 6.85. The lowest BCUT2D eigenvalue weighted by Gasteiger charge is -2.06. The fourth-order valence-electron chi connectivity index (χ4n) is 1.79. The third kappa shape index (κ3) is 3.93. The van der Waals surface area contributed by atoms with Gasteiger partial charge < -0.3 is 20.8 Å². The van der Waals surface area contributed by atoms with Gasteiger partial charge in [-0.15, -0.1) is 0 Å². The maximum absolute atomic E-state index is 12.1. The summed E-state index contributed by atoms with van der Waals surface area (Å²) in [6.07, 6.45) is 0. The van der Waals surface area contributed by atoms with Crippen LogP contribution in [0.1, 0.15) is 36.2 Å². The molecule has 0 saturated carbocycles. The summed E-state index contributed by atoms with van der Waals surface area (Å²) < 4.78 is 5.37. The van der Waals surface area contributed by atoms with E-state index in [1.165, 1.54) is 6.92 Å². The van der Waals surface area contributed by atoms with Crippen LogP contribution in [0.4, 0.5) is 11.4 Å². The molecular weight excluding hydrogens is 270 g/mol. The average Bonchev–Trinajstić information content (AvgIpc) is 2.88. The zero-order chi connectivity index (χ0) is 15.4. The van der Waals surface area contributed by atoms with Crippen molar-refractivity contribution in [2.75, 3.05) is 10.6 Å². The Balaban J connectivity index is 2.09. The normalized spacial score (nSPS) is 11.8. The second kappa shape index (κ2) is 6.23. The summed E-state index contributed by atoms with van der Waals surface area (Å²) in [5, 5.41) is 5.35. The minimum Gasteiger partial charge on any atom is -0.454 e. The number of hydrogen-bond acceptors (Lipinski definition) is 4. The largest absolute Gasteiger partial charge is 0.454 e. The molecule has 0 fully saturated rings. The van der Waals surface area contributed by atoms with E-state index in [-0.39, 0.29) is 23.6 Å². The smallest absolute Gasteiger partial charge is 0.291 e. The van der Waals surface area contributed by atoms with Gasteiger partial charge in [-0.2, -0.15) is 0 Å². The van der Waals surface area contributed by atoms with Crippen LogP contribution >= 0.6 is 0 Å². The highest BCUT2D eigenvalue weighted by Gasteiger charge is 2.13. The molecule has 0 bridgehead atoms. The maximum Gasteiger partial charge on any atom is 0.291 e. The van der Waals surface area contributed by atoms with E-state index in [4.69, 9.17) is 10.2 Å². The van der Waals surface area contributed by atoms with Gasteiger partial charge in [0.2, 0.25) is 5.91 Å². The molecule has 1 aromatic heterocycles. The summed E-state index contributed by atoms with van der Waals surface area (Å²) >= 11 is 0. The van der Waals surface area contributed by atoms with E-state index in [2.05, 4.69) is 10.6 Å². The van der Waals surface area contributed by atoms with Crippen molar-refractivity contribution in [2.24, 2.45) is 5.73 Å². The van der Waals surface area contributed by atoms with E-state index in [1.54, 1.807) is 43.3 Å². The van der Waals surface area contributed by atoms with Crippen molar-refractivity contribution in [1.82, 2.24) is 0 Å². The first-order chi connectivity index (χ1) is 9.95. The first-order valence-electron chi connectivity index (χ1n) is 6.50. The molecule has 6 heteroatoms. The Bertz CT molecular complexity index is 662. The van der Waals surface area contributed by atoms with Gasteiger partial charge in [0, 0.05) is 18.3 Å². The van der Waals surface area contributed by atoms with Gasteiger partial charge in [-0.05, 0) is 37.3 Å². The number of nitrogens with one attached hydrogen (secondary N) is 2. The molecule has 4 N–H and O–H groups in total.